The minimum atomic E-state index is 0.107. The highest BCUT2D eigenvalue weighted by Gasteiger charge is 2.16. The highest BCUT2D eigenvalue weighted by Crippen LogP contribution is 2.23. The topological polar surface area (TPSA) is 17.1 Å². The quantitative estimate of drug-likeness (QED) is 0.733. The van der Waals surface area contributed by atoms with E-state index in [-0.39, 0.29) is 11.7 Å². The molecule has 0 saturated heterocycles. The molecule has 0 fully saturated rings. The molecule has 0 aromatic heterocycles. The van der Waals surface area contributed by atoms with E-state index in [1.807, 2.05) is 19.9 Å². The van der Waals surface area contributed by atoms with Crippen LogP contribution in [0.15, 0.2) is 22.7 Å². The van der Waals surface area contributed by atoms with Gasteiger partial charge in [0.05, 0.1) is 0 Å². The Morgan fingerprint density at radius 2 is 1.93 bits per heavy atom. The van der Waals surface area contributed by atoms with Crippen LogP contribution in [-0.2, 0) is 0 Å². The maximum Gasteiger partial charge on any atom is 0.166 e. The molecule has 0 unspecified atom stereocenters. The normalized spacial score (nSPS) is 10.7. The third kappa shape index (κ3) is 3.32. The number of carbonyl (C=O) groups is 1. The number of rotatable bonds is 4. The summed E-state index contributed by atoms with van der Waals surface area (Å²) in [7, 11) is 0. The first-order valence-corrected chi connectivity index (χ1v) is 6.25. The molecule has 3 heteroatoms. The van der Waals surface area contributed by atoms with Gasteiger partial charge < -0.3 is 0 Å². The van der Waals surface area contributed by atoms with Crippen LogP contribution in [0.4, 0.5) is 0 Å². The molecule has 0 atom stereocenters. The molecule has 0 radical (unpaired) electrons. The second kappa shape index (κ2) is 5.66. The van der Waals surface area contributed by atoms with Crippen molar-refractivity contribution >= 4 is 33.3 Å². The van der Waals surface area contributed by atoms with Gasteiger partial charge in [0.15, 0.2) is 5.78 Å². The lowest BCUT2D eigenvalue weighted by Crippen LogP contribution is -2.12. The summed E-state index contributed by atoms with van der Waals surface area (Å²) in [6.45, 7) is 4.07. The highest BCUT2D eigenvalue weighted by atomic mass is 79.9. The average Bonchev–Trinajstić information content (AvgIpc) is 2.18. The zero-order chi connectivity index (χ0) is 11.4. The predicted molar refractivity (Wildman–Crippen MR) is 67.6 cm³/mol. The highest BCUT2D eigenvalue weighted by molar-refractivity contribution is 9.10. The van der Waals surface area contributed by atoms with Crippen LogP contribution in [0.3, 0.4) is 0 Å². The molecule has 0 N–H and O–H groups in total. The van der Waals surface area contributed by atoms with Crippen molar-refractivity contribution in [3.8, 4) is 0 Å². The molecule has 1 rings (SSSR count). The van der Waals surface area contributed by atoms with Crippen molar-refractivity contribution < 1.29 is 4.79 Å². The average molecular weight is 290 g/mol. The molecule has 1 aromatic rings. The zero-order valence-electron chi connectivity index (χ0n) is 8.89. The van der Waals surface area contributed by atoms with Crippen molar-refractivity contribution in [3.63, 3.8) is 0 Å². The first-order valence-electron chi connectivity index (χ1n) is 5.08. The minimum Gasteiger partial charge on any atom is -0.294 e. The van der Waals surface area contributed by atoms with Gasteiger partial charge in [-0.2, -0.15) is 0 Å². The SMILES string of the molecule is CCC(CC)C(=O)c1cc(Cl)cc(Br)c1. The van der Waals surface area contributed by atoms with E-state index in [1.54, 1.807) is 12.1 Å². The van der Waals surface area contributed by atoms with E-state index in [2.05, 4.69) is 15.9 Å². The number of halogens is 2. The Morgan fingerprint density at radius 1 is 1.33 bits per heavy atom. The van der Waals surface area contributed by atoms with Crippen molar-refractivity contribution in [2.45, 2.75) is 26.7 Å². The lowest BCUT2D eigenvalue weighted by Gasteiger charge is -2.11. The molecule has 0 aliphatic rings. The Kier molecular flexibility index (Phi) is 4.81. The largest absolute Gasteiger partial charge is 0.294 e. The lowest BCUT2D eigenvalue weighted by molar-refractivity contribution is 0.0913. The summed E-state index contributed by atoms with van der Waals surface area (Å²) in [6.07, 6.45) is 1.75. The number of Topliss-reactive ketones (excluding diaryl/α,β-unsaturated/α-hetero) is 1. The lowest BCUT2D eigenvalue weighted by atomic mass is 9.93. The van der Waals surface area contributed by atoms with E-state index in [1.165, 1.54) is 0 Å². The monoisotopic (exact) mass is 288 g/mol. The molecule has 1 nitrogen and oxygen atoms in total. The van der Waals surface area contributed by atoms with E-state index < -0.39 is 0 Å². The summed E-state index contributed by atoms with van der Waals surface area (Å²) < 4.78 is 0.851. The van der Waals surface area contributed by atoms with E-state index in [0.717, 1.165) is 17.3 Å². The van der Waals surface area contributed by atoms with Crippen LogP contribution in [0, 0.1) is 5.92 Å². The number of hydrogen-bond acceptors (Lipinski definition) is 1. The van der Waals surface area contributed by atoms with Crippen LogP contribution >= 0.6 is 27.5 Å². The van der Waals surface area contributed by atoms with E-state index in [0.29, 0.717) is 10.6 Å². The summed E-state index contributed by atoms with van der Waals surface area (Å²) in [5.41, 5.74) is 0.697. The predicted octanol–water partition coefficient (Wildman–Crippen LogP) is 4.72. The number of hydrogen-bond donors (Lipinski definition) is 0. The molecule has 82 valence electrons. The van der Waals surface area contributed by atoms with Crippen LogP contribution in [0.5, 0.6) is 0 Å². The van der Waals surface area contributed by atoms with Crippen LogP contribution in [0.2, 0.25) is 5.02 Å². The smallest absolute Gasteiger partial charge is 0.166 e. The fourth-order valence-electron chi connectivity index (χ4n) is 1.59. The molecule has 15 heavy (non-hydrogen) atoms. The first-order chi connectivity index (χ1) is 7.08. The third-order valence-corrected chi connectivity index (χ3v) is 3.18. The second-order valence-electron chi connectivity index (χ2n) is 3.54. The number of ketones is 1. The Labute approximate surface area is 104 Å². The van der Waals surface area contributed by atoms with Gasteiger partial charge in [-0.05, 0) is 31.0 Å². The van der Waals surface area contributed by atoms with Gasteiger partial charge in [0.1, 0.15) is 0 Å². The van der Waals surface area contributed by atoms with Crippen molar-refractivity contribution in [1.82, 2.24) is 0 Å². The third-order valence-electron chi connectivity index (χ3n) is 2.50. The Balaban J connectivity index is 3.00. The summed E-state index contributed by atoms with van der Waals surface area (Å²) in [5.74, 6) is 0.290. The molecule has 0 bridgehead atoms. The Hall–Kier alpha value is -0.340. The Morgan fingerprint density at radius 3 is 2.40 bits per heavy atom. The molecular formula is C12H14BrClO. The van der Waals surface area contributed by atoms with Crippen LogP contribution in [0.25, 0.3) is 0 Å². The minimum absolute atomic E-state index is 0.107. The van der Waals surface area contributed by atoms with Crippen LogP contribution < -0.4 is 0 Å². The summed E-state index contributed by atoms with van der Waals surface area (Å²) in [4.78, 5) is 12.0. The number of benzene rings is 1. The van der Waals surface area contributed by atoms with Gasteiger partial charge >= 0.3 is 0 Å². The number of carbonyl (C=O) groups excluding carboxylic acids is 1. The molecule has 0 amide bonds. The molecule has 1 aromatic carbocycles. The maximum absolute atomic E-state index is 12.0. The zero-order valence-corrected chi connectivity index (χ0v) is 11.2. The Bertz CT molecular complexity index is 338. The molecular weight excluding hydrogens is 275 g/mol. The molecule has 0 aliphatic heterocycles. The van der Waals surface area contributed by atoms with Crippen molar-refractivity contribution in [1.29, 1.82) is 0 Å². The van der Waals surface area contributed by atoms with E-state index >= 15 is 0 Å². The summed E-state index contributed by atoms with van der Waals surface area (Å²) >= 11 is 9.24. The van der Waals surface area contributed by atoms with E-state index in [9.17, 15) is 4.79 Å². The summed E-state index contributed by atoms with van der Waals surface area (Å²) in [5, 5.41) is 0.596. The standard InChI is InChI=1S/C12H14BrClO/c1-3-8(4-2)12(15)9-5-10(13)7-11(14)6-9/h5-8H,3-4H2,1-2H3. The first kappa shape index (κ1) is 12.7. The fraction of sp³-hybridized carbons (Fsp3) is 0.417. The van der Waals surface area contributed by atoms with Crippen molar-refractivity contribution in [2.24, 2.45) is 5.92 Å². The van der Waals surface area contributed by atoms with Gasteiger partial charge in [0.25, 0.3) is 0 Å². The molecule has 0 heterocycles. The van der Waals surface area contributed by atoms with Crippen molar-refractivity contribution in [3.05, 3.63) is 33.3 Å². The van der Waals surface area contributed by atoms with Crippen molar-refractivity contribution in [2.75, 3.05) is 0 Å². The molecule has 0 saturated carbocycles. The van der Waals surface area contributed by atoms with Gasteiger partial charge in [-0.15, -0.1) is 0 Å². The van der Waals surface area contributed by atoms with Gasteiger partial charge in [-0.1, -0.05) is 41.4 Å². The summed E-state index contributed by atoms with van der Waals surface area (Å²) in [6, 6.07) is 5.34. The maximum atomic E-state index is 12.0. The van der Waals surface area contributed by atoms with E-state index in [4.69, 9.17) is 11.6 Å². The molecule has 0 spiro atoms. The molecule has 0 aliphatic carbocycles. The van der Waals surface area contributed by atoms with Gasteiger partial charge in [-0.25, -0.2) is 0 Å². The van der Waals surface area contributed by atoms with Gasteiger partial charge in [0.2, 0.25) is 0 Å². The second-order valence-corrected chi connectivity index (χ2v) is 4.89. The van der Waals surface area contributed by atoms with Crippen LogP contribution in [-0.4, -0.2) is 5.78 Å². The fourth-order valence-corrected chi connectivity index (χ4v) is 2.45. The van der Waals surface area contributed by atoms with Gasteiger partial charge in [-0.3, -0.25) is 4.79 Å². The van der Waals surface area contributed by atoms with Gasteiger partial charge in [0, 0.05) is 21.0 Å². The van der Waals surface area contributed by atoms with Crippen LogP contribution in [0.1, 0.15) is 37.0 Å².